The third kappa shape index (κ3) is 1.07. The number of carbonyl (C=O) groups excluding carboxylic acids is 2. The van der Waals surface area contributed by atoms with Crippen LogP contribution in [0.3, 0.4) is 0 Å². The molecule has 1 aliphatic carbocycles. The highest BCUT2D eigenvalue weighted by Crippen LogP contribution is 2.66. The Hall–Kier alpha value is -0.910. The van der Waals surface area contributed by atoms with Crippen LogP contribution in [0.1, 0.15) is 26.7 Å². The van der Waals surface area contributed by atoms with Crippen LogP contribution in [0, 0.1) is 16.2 Å². The maximum absolute atomic E-state index is 11.9. The van der Waals surface area contributed by atoms with Crippen molar-refractivity contribution in [3.8, 4) is 0 Å². The lowest BCUT2D eigenvalue weighted by molar-refractivity contribution is -0.200. The average molecular weight is 305 g/mol. The van der Waals surface area contributed by atoms with Gasteiger partial charge in [0.1, 0.15) is 0 Å². The fraction of sp³-hybridized carbons (Fsp3) is 0.727. The Labute approximate surface area is 107 Å². The van der Waals surface area contributed by atoms with Gasteiger partial charge >= 0.3 is 17.9 Å². The second-order valence-corrected chi connectivity index (χ2v) is 5.79. The van der Waals surface area contributed by atoms with Gasteiger partial charge in [0.25, 0.3) is 0 Å². The largest absolute Gasteiger partial charge is 0.480 e. The van der Waals surface area contributed by atoms with Gasteiger partial charge in [0.05, 0.1) is 5.41 Å². The molecule has 2 atom stereocenters. The third-order valence-corrected chi connectivity index (χ3v) is 5.67. The summed E-state index contributed by atoms with van der Waals surface area (Å²) in [6.07, 6.45) is 0.494. The predicted molar refractivity (Wildman–Crippen MR) is 60.4 cm³/mol. The van der Waals surface area contributed by atoms with Crippen molar-refractivity contribution in [3.63, 3.8) is 0 Å². The standard InChI is InChI=1S/C11H13BrO5/c1-9(2)10(5-12)3-4-11(9,6(13)14)8(16)17-7(10)15/h3-5H2,1-2H3,(H,13,14)/t10-,11+/m0/s1. The number of ether oxygens (including phenoxy) is 1. The van der Waals surface area contributed by atoms with Gasteiger partial charge in [-0.2, -0.15) is 0 Å². The van der Waals surface area contributed by atoms with Crippen LogP contribution in [0.15, 0.2) is 0 Å². The average Bonchev–Trinajstić information content (AvgIpc) is 2.38. The number of fused-ring (bicyclic) bond motifs is 2. The van der Waals surface area contributed by atoms with Crippen LogP contribution in [0.4, 0.5) is 0 Å². The topological polar surface area (TPSA) is 80.7 Å². The van der Waals surface area contributed by atoms with Gasteiger partial charge in [0.2, 0.25) is 0 Å². The van der Waals surface area contributed by atoms with E-state index >= 15 is 0 Å². The van der Waals surface area contributed by atoms with Gasteiger partial charge < -0.3 is 9.84 Å². The van der Waals surface area contributed by atoms with Crippen molar-refractivity contribution in [1.82, 2.24) is 0 Å². The number of rotatable bonds is 2. The molecule has 1 aliphatic heterocycles. The molecule has 0 radical (unpaired) electrons. The summed E-state index contributed by atoms with van der Waals surface area (Å²) < 4.78 is 4.68. The molecular weight excluding hydrogens is 292 g/mol. The van der Waals surface area contributed by atoms with Gasteiger partial charge in [-0.1, -0.05) is 29.8 Å². The minimum absolute atomic E-state index is 0.144. The summed E-state index contributed by atoms with van der Waals surface area (Å²) >= 11 is 3.26. The molecule has 1 heterocycles. The van der Waals surface area contributed by atoms with Crippen molar-refractivity contribution in [3.05, 3.63) is 0 Å². The van der Waals surface area contributed by atoms with Crippen molar-refractivity contribution in [2.45, 2.75) is 26.7 Å². The van der Waals surface area contributed by atoms with Gasteiger partial charge in [-0.25, -0.2) is 0 Å². The molecule has 2 rings (SSSR count). The molecule has 0 aromatic heterocycles. The van der Waals surface area contributed by atoms with Crippen LogP contribution in [0.25, 0.3) is 0 Å². The Morgan fingerprint density at radius 1 is 1.35 bits per heavy atom. The molecule has 2 bridgehead atoms. The number of hydrogen-bond donors (Lipinski definition) is 1. The minimum Gasteiger partial charge on any atom is -0.480 e. The molecule has 0 aromatic carbocycles. The molecule has 17 heavy (non-hydrogen) atoms. The number of carboxylic acid groups (broad SMARTS) is 1. The lowest BCUT2D eigenvalue weighted by Crippen LogP contribution is -2.61. The first kappa shape index (κ1) is 12.5. The zero-order valence-corrected chi connectivity index (χ0v) is 11.2. The molecule has 2 fully saturated rings. The lowest BCUT2D eigenvalue weighted by Gasteiger charge is -2.47. The smallest absolute Gasteiger partial charge is 0.331 e. The van der Waals surface area contributed by atoms with Crippen LogP contribution >= 0.6 is 15.9 Å². The third-order valence-electron chi connectivity index (χ3n) is 4.71. The molecule has 0 amide bonds. The first-order chi connectivity index (χ1) is 7.76. The van der Waals surface area contributed by atoms with E-state index in [9.17, 15) is 19.5 Å². The van der Waals surface area contributed by atoms with E-state index in [4.69, 9.17) is 0 Å². The lowest BCUT2D eigenvalue weighted by atomic mass is 9.57. The van der Waals surface area contributed by atoms with Crippen molar-refractivity contribution in [1.29, 1.82) is 0 Å². The van der Waals surface area contributed by atoms with Crippen LogP contribution < -0.4 is 0 Å². The number of esters is 2. The van der Waals surface area contributed by atoms with Crippen LogP contribution in [0.2, 0.25) is 0 Å². The molecule has 1 saturated heterocycles. The van der Waals surface area contributed by atoms with E-state index in [2.05, 4.69) is 20.7 Å². The SMILES string of the molecule is CC1(C)[C@]2(CBr)CC[C@@]1(C(=O)O)C(=O)OC2=O. The maximum Gasteiger partial charge on any atom is 0.331 e. The number of carboxylic acids is 1. The second-order valence-electron chi connectivity index (χ2n) is 5.23. The molecule has 6 heteroatoms. The summed E-state index contributed by atoms with van der Waals surface area (Å²) in [7, 11) is 0. The summed E-state index contributed by atoms with van der Waals surface area (Å²) in [4.78, 5) is 35.3. The van der Waals surface area contributed by atoms with Gasteiger partial charge in [0.15, 0.2) is 5.41 Å². The highest BCUT2D eigenvalue weighted by Gasteiger charge is 2.76. The number of aliphatic carboxylic acids is 1. The summed E-state index contributed by atoms with van der Waals surface area (Å²) in [6.45, 7) is 3.32. The summed E-state index contributed by atoms with van der Waals surface area (Å²) in [6, 6.07) is 0. The zero-order valence-electron chi connectivity index (χ0n) is 9.58. The summed E-state index contributed by atoms with van der Waals surface area (Å²) in [5.41, 5.74) is -3.49. The van der Waals surface area contributed by atoms with E-state index < -0.39 is 34.2 Å². The number of halogens is 1. The quantitative estimate of drug-likeness (QED) is 0.473. The Morgan fingerprint density at radius 2 is 1.94 bits per heavy atom. The number of alkyl halides is 1. The fourth-order valence-corrected chi connectivity index (χ4v) is 4.38. The Morgan fingerprint density at radius 3 is 2.41 bits per heavy atom. The molecule has 2 aliphatic rings. The van der Waals surface area contributed by atoms with Crippen LogP contribution in [-0.2, 0) is 19.1 Å². The molecule has 0 unspecified atom stereocenters. The highest BCUT2D eigenvalue weighted by molar-refractivity contribution is 9.09. The van der Waals surface area contributed by atoms with E-state index in [1.54, 1.807) is 13.8 Å². The van der Waals surface area contributed by atoms with E-state index in [1.807, 2.05) is 0 Å². The van der Waals surface area contributed by atoms with E-state index in [-0.39, 0.29) is 6.42 Å². The molecule has 5 nitrogen and oxygen atoms in total. The zero-order chi connectivity index (χ0) is 13.1. The molecular formula is C11H13BrO5. The Bertz CT molecular complexity index is 430. The summed E-state index contributed by atoms with van der Waals surface area (Å²) in [5, 5.41) is 9.69. The fourth-order valence-electron chi connectivity index (χ4n) is 3.17. The molecule has 1 N–H and O–H groups in total. The molecule has 94 valence electrons. The van der Waals surface area contributed by atoms with Gasteiger partial charge in [-0.05, 0) is 12.8 Å². The number of cyclic esters (lactones) is 2. The van der Waals surface area contributed by atoms with Gasteiger partial charge in [-0.15, -0.1) is 0 Å². The minimum atomic E-state index is -1.60. The summed E-state index contributed by atoms with van der Waals surface area (Å²) in [5.74, 6) is -2.74. The maximum atomic E-state index is 11.9. The van der Waals surface area contributed by atoms with Gasteiger partial charge in [0, 0.05) is 10.7 Å². The van der Waals surface area contributed by atoms with Crippen molar-refractivity contribution < 1.29 is 24.2 Å². The monoisotopic (exact) mass is 304 g/mol. The first-order valence-corrected chi connectivity index (χ1v) is 6.44. The molecule has 0 aromatic rings. The molecule has 0 spiro atoms. The number of hydrogen-bond acceptors (Lipinski definition) is 4. The van der Waals surface area contributed by atoms with E-state index in [1.165, 1.54) is 0 Å². The molecule has 1 saturated carbocycles. The Kier molecular flexibility index (Phi) is 2.44. The van der Waals surface area contributed by atoms with Crippen LogP contribution in [-0.4, -0.2) is 28.3 Å². The van der Waals surface area contributed by atoms with Gasteiger partial charge in [-0.3, -0.25) is 14.4 Å². The predicted octanol–water partition coefficient (Wildman–Crippen LogP) is 1.34. The highest BCUT2D eigenvalue weighted by atomic mass is 79.9. The van der Waals surface area contributed by atoms with Crippen molar-refractivity contribution >= 4 is 33.8 Å². The first-order valence-electron chi connectivity index (χ1n) is 5.32. The van der Waals surface area contributed by atoms with E-state index in [0.29, 0.717) is 11.8 Å². The van der Waals surface area contributed by atoms with Crippen LogP contribution in [0.5, 0.6) is 0 Å². The number of carbonyl (C=O) groups is 3. The normalized spacial score (nSPS) is 39.0. The Balaban J connectivity index is 2.69. The van der Waals surface area contributed by atoms with Crippen molar-refractivity contribution in [2.75, 3.05) is 5.33 Å². The van der Waals surface area contributed by atoms with Crippen molar-refractivity contribution in [2.24, 2.45) is 16.2 Å². The second kappa shape index (κ2) is 3.31. The van der Waals surface area contributed by atoms with E-state index in [0.717, 1.165) is 0 Å².